The van der Waals surface area contributed by atoms with E-state index in [0.717, 1.165) is 0 Å². The highest BCUT2D eigenvalue weighted by Gasteiger charge is 2.44. The number of carbonyl (C=O) groups is 1. The molecule has 0 aliphatic heterocycles. The van der Waals surface area contributed by atoms with E-state index in [9.17, 15) is 4.79 Å². The van der Waals surface area contributed by atoms with Crippen LogP contribution in [0.3, 0.4) is 0 Å². The van der Waals surface area contributed by atoms with Gasteiger partial charge in [0.15, 0.2) is 5.56 Å². The Bertz CT molecular complexity index is 172. The SMILES string of the molecule is CCOC(=O)C(Cl)(Cl)C(Cl)OCC. The molecule has 0 N–H and O–H groups in total. The zero-order chi connectivity index (χ0) is 10.5. The van der Waals surface area contributed by atoms with E-state index in [4.69, 9.17) is 39.5 Å². The van der Waals surface area contributed by atoms with E-state index >= 15 is 0 Å². The van der Waals surface area contributed by atoms with Crippen LogP contribution in [0.1, 0.15) is 13.8 Å². The molecule has 0 saturated carbocycles. The van der Waals surface area contributed by atoms with Crippen LogP contribution in [0.4, 0.5) is 0 Å². The normalized spacial score (nSPS) is 13.9. The molecule has 0 aromatic rings. The van der Waals surface area contributed by atoms with Gasteiger partial charge in [-0.05, 0) is 13.8 Å². The van der Waals surface area contributed by atoms with Gasteiger partial charge < -0.3 is 9.47 Å². The van der Waals surface area contributed by atoms with Gasteiger partial charge in [0.1, 0.15) is 0 Å². The molecule has 0 aromatic carbocycles. The summed E-state index contributed by atoms with van der Waals surface area (Å²) in [4.78, 5) is 11.1. The van der Waals surface area contributed by atoms with Gasteiger partial charge >= 0.3 is 5.97 Å². The molecular formula is C7H11Cl3O3. The van der Waals surface area contributed by atoms with Crippen LogP contribution in [0.15, 0.2) is 0 Å². The van der Waals surface area contributed by atoms with Gasteiger partial charge in [0.25, 0.3) is 4.33 Å². The van der Waals surface area contributed by atoms with Crippen molar-refractivity contribution in [2.24, 2.45) is 0 Å². The molecule has 0 amide bonds. The topological polar surface area (TPSA) is 35.5 Å². The summed E-state index contributed by atoms with van der Waals surface area (Å²) in [6.07, 6.45) is 0. The fourth-order valence-corrected chi connectivity index (χ4v) is 1.02. The van der Waals surface area contributed by atoms with Crippen molar-refractivity contribution in [3.8, 4) is 0 Å². The first kappa shape index (κ1) is 13.3. The van der Waals surface area contributed by atoms with Crippen molar-refractivity contribution in [3.05, 3.63) is 0 Å². The van der Waals surface area contributed by atoms with Crippen molar-refractivity contribution in [1.82, 2.24) is 0 Å². The monoisotopic (exact) mass is 248 g/mol. The van der Waals surface area contributed by atoms with Gasteiger partial charge in [-0.25, -0.2) is 4.79 Å². The summed E-state index contributed by atoms with van der Waals surface area (Å²) in [6, 6.07) is 0. The van der Waals surface area contributed by atoms with Crippen molar-refractivity contribution < 1.29 is 14.3 Å². The minimum atomic E-state index is -1.85. The molecule has 0 spiro atoms. The maximum atomic E-state index is 11.1. The Kier molecular flexibility index (Phi) is 6.05. The predicted molar refractivity (Wildman–Crippen MR) is 52.3 cm³/mol. The molecule has 13 heavy (non-hydrogen) atoms. The predicted octanol–water partition coefficient (Wildman–Crippen LogP) is 2.32. The second kappa shape index (κ2) is 5.91. The number of alkyl halides is 3. The highest BCUT2D eigenvalue weighted by atomic mass is 35.5. The lowest BCUT2D eigenvalue weighted by Crippen LogP contribution is -2.39. The van der Waals surface area contributed by atoms with E-state index in [0.29, 0.717) is 6.61 Å². The third-order valence-corrected chi connectivity index (χ3v) is 2.53. The Labute approximate surface area is 92.2 Å². The summed E-state index contributed by atoms with van der Waals surface area (Å²) >= 11 is 16.9. The molecule has 0 aliphatic carbocycles. The molecule has 0 heterocycles. The molecule has 78 valence electrons. The van der Waals surface area contributed by atoms with Crippen LogP contribution in [0.25, 0.3) is 0 Å². The lowest BCUT2D eigenvalue weighted by Gasteiger charge is -2.22. The molecule has 0 saturated heterocycles. The Morgan fingerprint density at radius 1 is 1.38 bits per heavy atom. The molecule has 0 rings (SSSR count). The lowest BCUT2D eigenvalue weighted by atomic mass is 10.4. The zero-order valence-corrected chi connectivity index (χ0v) is 9.62. The maximum absolute atomic E-state index is 11.1. The summed E-state index contributed by atoms with van der Waals surface area (Å²) in [7, 11) is 0. The molecule has 0 bridgehead atoms. The Hall–Kier alpha value is 0.300. The molecule has 6 heteroatoms. The van der Waals surface area contributed by atoms with E-state index in [2.05, 4.69) is 4.74 Å². The molecule has 1 atom stereocenters. The van der Waals surface area contributed by atoms with Crippen LogP contribution < -0.4 is 0 Å². The number of carbonyl (C=O) groups excluding carboxylic acids is 1. The highest BCUT2D eigenvalue weighted by molar-refractivity contribution is 6.60. The largest absolute Gasteiger partial charge is 0.464 e. The Morgan fingerprint density at radius 2 is 1.92 bits per heavy atom. The minimum Gasteiger partial charge on any atom is -0.464 e. The van der Waals surface area contributed by atoms with Crippen molar-refractivity contribution in [2.75, 3.05) is 13.2 Å². The lowest BCUT2D eigenvalue weighted by molar-refractivity contribution is -0.145. The zero-order valence-electron chi connectivity index (χ0n) is 7.35. The molecular weight excluding hydrogens is 238 g/mol. The first-order chi connectivity index (χ1) is 5.96. The van der Waals surface area contributed by atoms with E-state index in [1.807, 2.05) is 0 Å². The maximum Gasteiger partial charge on any atom is 0.346 e. The summed E-state index contributed by atoms with van der Waals surface area (Å²) in [6.45, 7) is 3.86. The minimum absolute atomic E-state index is 0.190. The number of ether oxygens (including phenoxy) is 2. The van der Waals surface area contributed by atoms with Crippen molar-refractivity contribution in [3.63, 3.8) is 0 Å². The van der Waals surface area contributed by atoms with Gasteiger partial charge in [-0.15, -0.1) is 0 Å². The third-order valence-electron chi connectivity index (χ3n) is 1.15. The fraction of sp³-hybridized carbons (Fsp3) is 0.857. The molecule has 1 unspecified atom stereocenters. The number of hydrogen-bond donors (Lipinski definition) is 0. The molecule has 3 nitrogen and oxygen atoms in total. The van der Waals surface area contributed by atoms with Crippen molar-refractivity contribution in [2.45, 2.75) is 23.7 Å². The quantitative estimate of drug-likeness (QED) is 0.554. The first-order valence-electron chi connectivity index (χ1n) is 3.77. The Balaban J connectivity index is 4.26. The smallest absolute Gasteiger partial charge is 0.346 e. The van der Waals surface area contributed by atoms with Crippen LogP contribution in [0.2, 0.25) is 0 Å². The molecule has 0 fully saturated rings. The third kappa shape index (κ3) is 3.90. The average Bonchev–Trinajstić information content (AvgIpc) is 2.05. The van der Waals surface area contributed by atoms with Gasteiger partial charge in [0.2, 0.25) is 0 Å². The van der Waals surface area contributed by atoms with E-state index < -0.39 is 15.9 Å². The second-order valence-corrected chi connectivity index (χ2v) is 3.90. The first-order valence-corrected chi connectivity index (χ1v) is 4.96. The van der Waals surface area contributed by atoms with Crippen LogP contribution >= 0.6 is 34.8 Å². The summed E-state index contributed by atoms with van der Waals surface area (Å²) < 4.78 is 7.63. The Morgan fingerprint density at radius 3 is 2.31 bits per heavy atom. The van der Waals surface area contributed by atoms with Gasteiger partial charge in [0.05, 0.1) is 6.61 Å². The summed E-state index contributed by atoms with van der Waals surface area (Å²) in [5, 5.41) is 0. The van der Waals surface area contributed by atoms with Gasteiger partial charge in [-0.1, -0.05) is 34.8 Å². The van der Waals surface area contributed by atoms with E-state index in [-0.39, 0.29) is 6.61 Å². The number of rotatable bonds is 5. The number of esters is 1. The van der Waals surface area contributed by atoms with Crippen molar-refractivity contribution in [1.29, 1.82) is 0 Å². The van der Waals surface area contributed by atoms with Crippen LogP contribution in [-0.4, -0.2) is 29.1 Å². The molecule has 0 aromatic heterocycles. The van der Waals surface area contributed by atoms with E-state index in [1.165, 1.54) is 0 Å². The standard InChI is InChI=1S/C7H11Cl3O3/c1-3-12-5(8)7(9,10)6(11)13-4-2/h5H,3-4H2,1-2H3. The number of hydrogen-bond acceptors (Lipinski definition) is 3. The summed E-state index contributed by atoms with van der Waals surface area (Å²) in [5.41, 5.74) is -1.11. The highest BCUT2D eigenvalue weighted by Crippen LogP contribution is 2.31. The van der Waals surface area contributed by atoms with Crippen LogP contribution in [-0.2, 0) is 14.3 Å². The van der Waals surface area contributed by atoms with Crippen molar-refractivity contribution >= 4 is 40.8 Å². The van der Waals surface area contributed by atoms with E-state index in [1.54, 1.807) is 13.8 Å². The summed E-state index contributed by atoms with van der Waals surface area (Å²) in [5.74, 6) is -0.799. The fourth-order valence-electron chi connectivity index (χ4n) is 0.571. The van der Waals surface area contributed by atoms with Crippen LogP contribution in [0, 0.1) is 0 Å². The second-order valence-electron chi connectivity index (χ2n) is 2.11. The van der Waals surface area contributed by atoms with Gasteiger partial charge in [-0.2, -0.15) is 0 Å². The van der Waals surface area contributed by atoms with Gasteiger partial charge in [0, 0.05) is 6.61 Å². The average molecular weight is 250 g/mol. The molecule has 0 radical (unpaired) electrons. The number of halogens is 3. The van der Waals surface area contributed by atoms with Crippen LogP contribution in [0.5, 0.6) is 0 Å². The molecule has 0 aliphatic rings. The van der Waals surface area contributed by atoms with Gasteiger partial charge in [-0.3, -0.25) is 0 Å².